The fourth-order valence-electron chi connectivity index (χ4n) is 6.33. The Labute approximate surface area is 346 Å². The highest BCUT2D eigenvalue weighted by Gasteiger charge is 2.13. The Balaban J connectivity index is 4.59. The monoisotopic (exact) mass is 817 g/mol. The molecule has 0 radical (unpaired) electrons. The lowest BCUT2D eigenvalue weighted by molar-refractivity contribution is -0.138. The Bertz CT molecular complexity index is 900. The van der Waals surface area contributed by atoms with Crippen LogP contribution in [0.5, 0.6) is 0 Å². The highest BCUT2D eigenvalue weighted by Crippen LogP contribution is 2.09. The minimum atomic E-state index is -0.877. The van der Waals surface area contributed by atoms with Gasteiger partial charge in [0.2, 0.25) is 0 Å². The number of carbonyl (C=O) groups excluding carboxylic acids is 3. The van der Waals surface area contributed by atoms with Crippen LogP contribution in [0.3, 0.4) is 0 Å². The summed E-state index contributed by atoms with van der Waals surface area (Å²) in [6.07, 6.45) is 23.4. The maximum atomic E-state index is 12.0. The molecule has 57 heavy (non-hydrogen) atoms. The zero-order valence-electron chi connectivity index (χ0n) is 36.6. The van der Waals surface area contributed by atoms with Gasteiger partial charge >= 0.3 is 24.4 Å². The lowest BCUT2D eigenvalue weighted by Crippen LogP contribution is -2.35. The van der Waals surface area contributed by atoms with Crippen LogP contribution in [-0.2, 0) is 33.2 Å². The van der Waals surface area contributed by atoms with Crippen molar-refractivity contribution in [2.75, 3.05) is 78.9 Å². The number of rotatable bonds is 42. The predicted molar refractivity (Wildman–Crippen MR) is 225 cm³/mol. The molecule has 13 nitrogen and oxygen atoms in total. The molecule has 0 spiro atoms. The molecule has 0 aliphatic carbocycles. The van der Waals surface area contributed by atoms with Crippen molar-refractivity contribution in [1.82, 2.24) is 9.80 Å². The second-order valence-electron chi connectivity index (χ2n) is 15.1. The van der Waals surface area contributed by atoms with E-state index in [9.17, 15) is 24.3 Å². The molecule has 0 saturated heterocycles. The lowest BCUT2D eigenvalue weighted by atomic mass is 10.1. The molecule has 0 amide bonds. The molecular formula is C44H84N2O11. The average molecular weight is 817 g/mol. The summed E-state index contributed by atoms with van der Waals surface area (Å²) in [5.74, 6) is -0.877. The molecule has 0 bridgehead atoms. The Morgan fingerprint density at radius 2 is 0.579 bits per heavy atom. The van der Waals surface area contributed by atoms with Gasteiger partial charge in [0.05, 0.1) is 46.2 Å². The SMILES string of the molecule is CCCCCCCCOC(=O)OCCCCN(CCCCOC(=O)OCCCCCCCC)CCCN(CCCCOC(=O)OCCCCCCCC)CC(=O)O. The molecule has 0 atom stereocenters. The molecule has 13 heteroatoms. The summed E-state index contributed by atoms with van der Waals surface area (Å²) in [4.78, 5) is 51.7. The van der Waals surface area contributed by atoms with Gasteiger partial charge in [0, 0.05) is 0 Å². The lowest BCUT2D eigenvalue weighted by Gasteiger charge is -2.25. The van der Waals surface area contributed by atoms with Crippen LogP contribution in [0.25, 0.3) is 0 Å². The van der Waals surface area contributed by atoms with Crippen molar-refractivity contribution < 1.29 is 52.7 Å². The fraction of sp³-hybridized carbons (Fsp3) is 0.909. The number of carbonyl (C=O) groups is 4. The fourth-order valence-corrected chi connectivity index (χ4v) is 6.33. The maximum absolute atomic E-state index is 12.0. The van der Waals surface area contributed by atoms with E-state index in [4.69, 9.17) is 28.4 Å². The van der Waals surface area contributed by atoms with E-state index in [2.05, 4.69) is 25.7 Å². The molecule has 0 aromatic heterocycles. The summed E-state index contributed by atoms with van der Waals surface area (Å²) < 4.78 is 31.3. The first-order valence-electron chi connectivity index (χ1n) is 22.9. The van der Waals surface area contributed by atoms with Gasteiger partial charge in [-0.2, -0.15) is 0 Å². The maximum Gasteiger partial charge on any atom is 0.508 e. The third kappa shape index (κ3) is 41.2. The largest absolute Gasteiger partial charge is 0.508 e. The Morgan fingerprint density at radius 1 is 0.333 bits per heavy atom. The second kappa shape index (κ2) is 42.8. The molecular weight excluding hydrogens is 732 g/mol. The molecule has 0 saturated carbocycles. The van der Waals surface area contributed by atoms with Gasteiger partial charge in [-0.05, 0) is 96.9 Å². The normalized spacial score (nSPS) is 11.2. The zero-order chi connectivity index (χ0) is 41.9. The van der Waals surface area contributed by atoms with Crippen molar-refractivity contribution in [3.05, 3.63) is 0 Å². The van der Waals surface area contributed by atoms with Crippen LogP contribution in [-0.4, -0.2) is 118 Å². The van der Waals surface area contributed by atoms with Gasteiger partial charge in [-0.25, -0.2) is 14.4 Å². The molecule has 0 aromatic rings. The number of unbranched alkanes of at least 4 members (excludes halogenated alkanes) is 18. The van der Waals surface area contributed by atoms with E-state index in [0.717, 1.165) is 96.7 Å². The first-order valence-corrected chi connectivity index (χ1v) is 22.9. The van der Waals surface area contributed by atoms with Gasteiger partial charge < -0.3 is 38.4 Å². The summed E-state index contributed by atoms with van der Waals surface area (Å²) in [5.41, 5.74) is 0. The standard InChI is InChI=1S/C44H84N2O11/c1-4-7-10-13-16-22-34-52-42(49)55-37-25-19-29-45(30-20-26-38-56-43(50)53-35-23-17-14-11-8-5-2)32-28-33-46(40-41(47)48)31-21-27-39-57-44(51)54-36-24-18-15-12-9-6-3/h4-40H2,1-3H3,(H,47,48). The van der Waals surface area contributed by atoms with E-state index in [1.165, 1.54) is 57.8 Å². The van der Waals surface area contributed by atoms with Crippen molar-refractivity contribution in [2.24, 2.45) is 0 Å². The number of ether oxygens (including phenoxy) is 6. The van der Waals surface area contributed by atoms with E-state index >= 15 is 0 Å². The van der Waals surface area contributed by atoms with Crippen molar-refractivity contribution >= 4 is 24.4 Å². The van der Waals surface area contributed by atoms with Crippen molar-refractivity contribution in [3.63, 3.8) is 0 Å². The van der Waals surface area contributed by atoms with E-state index in [0.29, 0.717) is 71.8 Å². The number of nitrogens with zero attached hydrogens (tertiary/aromatic N) is 2. The molecule has 0 unspecified atom stereocenters. The molecule has 0 heterocycles. The highest BCUT2D eigenvalue weighted by molar-refractivity contribution is 5.69. The van der Waals surface area contributed by atoms with Crippen LogP contribution < -0.4 is 0 Å². The topological polar surface area (TPSA) is 150 Å². The Morgan fingerprint density at radius 3 is 0.895 bits per heavy atom. The van der Waals surface area contributed by atoms with E-state index < -0.39 is 24.4 Å². The average Bonchev–Trinajstić information content (AvgIpc) is 3.18. The van der Waals surface area contributed by atoms with Gasteiger partial charge in [0.15, 0.2) is 0 Å². The molecule has 0 rings (SSSR count). The molecule has 0 aromatic carbocycles. The second-order valence-corrected chi connectivity index (χ2v) is 15.1. The van der Waals surface area contributed by atoms with Gasteiger partial charge in [-0.15, -0.1) is 0 Å². The molecule has 1 N–H and O–H groups in total. The summed E-state index contributed by atoms with van der Waals surface area (Å²) in [5, 5.41) is 9.52. The van der Waals surface area contributed by atoms with Gasteiger partial charge in [-0.3, -0.25) is 9.69 Å². The number of carboxylic acids is 1. The van der Waals surface area contributed by atoms with Gasteiger partial charge in [0.1, 0.15) is 0 Å². The van der Waals surface area contributed by atoms with Crippen LogP contribution in [0.2, 0.25) is 0 Å². The minimum absolute atomic E-state index is 0.0558. The first kappa shape index (κ1) is 54.2. The van der Waals surface area contributed by atoms with Gasteiger partial charge in [-0.1, -0.05) is 117 Å². The summed E-state index contributed by atoms with van der Waals surface area (Å²) in [7, 11) is 0. The van der Waals surface area contributed by atoms with Crippen LogP contribution >= 0.6 is 0 Å². The summed E-state index contributed by atoms with van der Waals surface area (Å²) in [6.45, 7) is 12.0. The smallest absolute Gasteiger partial charge is 0.480 e. The van der Waals surface area contributed by atoms with Crippen LogP contribution in [0.15, 0.2) is 0 Å². The number of carboxylic acid groups (broad SMARTS) is 1. The number of aliphatic carboxylic acids is 1. The summed E-state index contributed by atoms with van der Waals surface area (Å²) in [6, 6.07) is 0. The van der Waals surface area contributed by atoms with E-state index in [-0.39, 0.29) is 13.2 Å². The molecule has 0 fully saturated rings. The summed E-state index contributed by atoms with van der Waals surface area (Å²) >= 11 is 0. The van der Waals surface area contributed by atoms with Crippen molar-refractivity contribution in [3.8, 4) is 0 Å². The molecule has 336 valence electrons. The van der Waals surface area contributed by atoms with E-state index in [1.54, 1.807) is 0 Å². The zero-order valence-corrected chi connectivity index (χ0v) is 36.6. The third-order valence-electron chi connectivity index (χ3n) is 9.73. The molecule has 0 aliphatic rings. The molecule has 0 aliphatic heterocycles. The number of hydrogen-bond acceptors (Lipinski definition) is 12. The highest BCUT2D eigenvalue weighted by atomic mass is 16.7. The third-order valence-corrected chi connectivity index (χ3v) is 9.73. The predicted octanol–water partition coefficient (Wildman–Crippen LogP) is 10.9. The van der Waals surface area contributed by atoms with Crippen LogP contribution in [0.1, 0.15) is 181 Å². The minimum Gasteiger partial charge on any atom is -0.480 e. The Hall–Kier alpha value is -2.80. The number of hydrogen-bond donors (Lipinski definition) is 1. The first-order chi connectivity index (χ1) is 27.8. The van der Waals surface area contributed by atoms with Gasteiger partial charge in [0.25, 0.3) is 0 Å². The van der Waals surface area contributed by atoms with Crippen molar-refractivity contribution in [1.29, 1.82) is 0 Å². The van der Waals surface area contributed by atoms with Crippen LogP contribution in [0.4, 0.5) is 14.4 Å². The van der Waals surface area contributed by atoms with E-state index in [1.807, 2.05) is 4.90 Å². The Kier molecular flexibility index (Phi) is 40.7. The van der Waals surface area contributed by atoms with Crippen LogP contribution in [0, 0.1) is 0 Å². The van der Waals surface area contributed by atoms with Crippen molar-refractivity contribution in [2.45, 2.75) is 181 Å². The quantitative estimate of drug-likeness (QED) is 0.0354.